The van der Waals surface area contributed by atoms with Gasteiger partial charge in [-0.05, 0) is 39.8 Å². The van der Waals surface area contributed by atoms with E-state index in [2.05, 4.69) is 37.5 Å². The van der Waals surface area contributed by atoms with Crippen LogP contribution in [0.3, 0.4) is 0 Å². The van der Waals surface area contributed by atoms with Gasteiger partial charge in [0.25, 0.3) is 0 Å². The van der Waals surface area contributed by atoms with Gasteiger partial charge in [0.15, 0.2) is 5.78 Å². The van der Waals surface area contributed by atoms with E-state index in [0.29, 0.717) is 6.04 Å². The molecule has 2 rings (SSSR count). The van der Waals surface area contributed by atoms with Gasteiger partial charge in [-0.1, -0.05) is 12.1 Å². The smallest absolute Gasteiger partial charge is 0.161 e. The highest BCUT2D eigenvalue weighted by molar-refractivity contribution is 6.06. The Bertz CT molecular complexity index is 549. The predicted octanol–water partition coefficient (Wildman–Crippen LogP) is 3.73. The van der Waals surface area contributed by atoms with Crippen molar-refractivity contribution in [1.82, 2.24) is 4.57 Å². The molecule has 1 aromatic heterocycles. The van der Waals surface area contributed by atoms with Crippen molar-refractivity contribution < 1.29 is 4.79 Å². The summed E-state index contributed by atoms with van der Waals surface area (Å²) < 4.78 is 2.23. The lowest BCUT2D eigenvalue weighted by molar-refractivity contribution is 0.101. The van der Waals surface area contributed by atoms with Crippen LogP contribution in [0.5, 0.6) is 0 Å². The zero-order valence-corrected chi connectivity index (χ0v) is 10.2. The van der Waals surface area contributed by atoms with Crippen LogP contribution in [0.2, 0.25) is 0 Å². The summed E-state index contributed by atoms with van der Waals surface area (Å²) in [7, 11) is 0. The van der Waals surface area contributed by atoms with Crippen LogP contribution in [0.4, 0.5) is 0 Å². The summed E-state index contributed by atoms with van der Waals surface area (Å²) in [5.41, 5.74) is 3.10. The van der Waals surface area contributed by atoms with Crippen molar-refractivity contribution in [3.63, 3.8) is 0 Å². The third kappa shape index (κ3) is 1.54. The molecular weight excluding hydrogens is 198 g/mol. The summed E-state index contributed by atoms with van der Waals surface area (Å²) >= 11 is 0. The van der Waals surface area contributed by atoms with E-state index in [0.717, 1.165) is 16.5 Å². The van der Waals surface area contributed by atoms with Crippen LogP contribution in [0.1, 0.15) is 42.9 Å². The van der Waals surface area contributed by atoms with E-state index in [1.807, 2.05) is 12.1 Å². The Morgan fingerprint density at radius 3 is 2.56 bits per heavy atom. The molecule has 2 heteroatoms. The first kappa shape index (κ1) is 10.9. The fourth-order valence-corrected chi connectivity index (χ4v) is 2.37. The highest BCUT2D eigenvalue weighted by atomic mass is 16.1. The van der Waals surface area contributed by atoms with Crippen LogP contribution in [-0.4, -0.2) is 10.4 Å². The molecule has 0 aliphatic rings. The van der Waals surface area contributed by atoms with Gasteiger partial charge < -0.3 is 4.57 Å². The summed E-state index contributed by atoms with van der Waals surface area (Å²) in [6, 6.07) is 8.43. The van der Waals surface area contributed by atoms with Crippen molar-refractivity contribution in [3.8, 4) is 0 Å². The van der Waals surface area contributed by atoms with E-state index in [9.17, 15) is 4.79 Å². The number of aromatic nitrogens is 1. The van der Waals surface area contributed by atoms with E-state index in [-0.39, 0.29) is 5.78 Å². The Hall–Kier alpha value is -1.57. The first-order valence-electron chi connectivity index (χ1n) is 5.64. The summed E-state index contributed by atoms with van der Waals surface area (Å²) in [5.74, 6) is 0.130. The van der Waals surface area contributed by atoms with Crippen molar-refractivity contribution in [2.24, 2.45) is 0 Å². The van der Waals surface area contributed by atoms with Gasteiger partial charge in [-0.15, -0.1) is 0 Å². The van der Waals surface area contributed by atoms with Gasteiger partial charge in [0.2, 0.25) is 0 Å². The first-order chi connectivity index (χ1) is 7.52. The number of Topliss-reactive ketones (excluding diaryl/α,β-unsaturated/α-hetero) is 1. The van der Waals surface area contributed by atoms with Crippen molar-refractivity contribution in [2.45, 2.75) is 33.7 Å². The highest BCUT2D eigenvalue weighted by Gasteiger charge is 2.13. The Labute approximate surface area is 95.9 Å². The lowest BCUT2D eigenvalue weighted by atomic mass is 10.1. The number of para-hydroxylation sites is 1. The third-order valence-electron chi connectivity index (χ3n) is 2.95. The number of aryl methyl sites for hydroxylation is 1. The highest BCUT2D eigenvalue weighted by Crippen LogP contribution is 2.26. The number of nitrogens with zero attached hydrogens (tertiary/aromatic N) is 1. The second kappa shape index (κ2) is 3.78. The number of fused-ring (bicyclic) bond motifs is 1. The molecule has 0 unspecified atom stereocenters. The summed E-state index contributed by atoms with van der Waals surface area (Å²) in [6.07, 6.45) is 0. The number of carbonyl (C=O) groups excluding carboxylic acids is 1. The van der Waals surface area contributed by atoms with Gasteiger partial charge in [0, 0.05) is 22.7 Å². The summed E-state index contributed by atoms with van der Waals surface area (Å²) in [4.78, 5) is 11.6. The molecule has 2 aromatic rings. The SMILES string of the molecule is CC(=O)c1cccc2cc(C)n(C(C)C)c12. The van der Waals surface area contributed by atoms with E-state index in [1.165, 1.54) is 5.69 Å². The fourth-order valence-electron chi connectivity index (χ4n) is 2.37. The number of ketones is 1. The molecule has 16 heavy (non-hydrogen) atoms. The molecule has 0 spiro atoms. The molecule has 2 nitrogen and oxygen atoms in total. The van der Waals surface area contributed by atoms with Crippen LogP contribution >= 0.6 is 0 Å². The quantitative estimate of drug-likeness (QED) is 0.699. The maximum atomic E-state index is 11.6. The van der Waals surface area contributed by atoms with Gasteiger partial charge in [0.1, 0.15) is 0 Å². The second-order valence-electron chi connectivity index (χ2n) is 4.55. The van der Waals surface area contributed by atoms with Crippen molar-refractivity contribution >= 4 is 16.7 Å². The molecule has 84 valence electrons. The molecule has 0 amide bonds. The average molecular weight is 215 g/mol. The van der Waals surface area contributed by atoms with Crippen LogP contribution in [0.15, 0.2) is 24.3 Å². The van der Waals surface area contributed by atoms with Crippen molar-refractivity contribution in [3.05, 3.63) is 35.5 Å². The molecule has 0 saturated carbocycles. The molecule has 0 fully saturated rings. The molecule has 0 atom stereocenters. The van der Waals surface area contributed by atoms with E-state index in [4.69, 9.17) is 0 Å². The lowest BCUT2D eigenvalue weighted by Gasteiger charge is -2.14. The van der Waals surface area contributed by atoms with Crippen LogP contribution in [-0.2, 0) is 0 Å². The summed E-state index contributed by atoms with van der Waals surface area (Å²) in [5, 5.41) is 1.15. The van der Waals surface area contributed by atoms with Crippen molar-refractivity contribution in [1.29, 1.82) is 0 Å². The van der Waals surface area contributed by atoms with Gasteiger partial charge in [-0.2, -0.15) is 0 Å². The standard InChI is InChI=1S/C14H17NO/c1-9(2)15-10(3)8-12-6-5-7-13(11(4)16)14(12)15/h5-9H,1-4H3. The van der Waals surface area contributed by atoms with E-state index in [1.54, 1.807) is 6.92 Å². The molecule has 0 N–H and O–H groups in total. The Morgan fingerprint density at radius 2 is 2.00 bits per heavy atom. The Morgan fingerprint density at radius 1 is 1.31 bits per heavy atom. The van der Waals surface area contributed by atoms with Crippen LogP contribution < -0.4 is 0 Å². The molecule has 0 saturated heterocycles. The number of rotatable bonds is 2. The molecule has 0 radical (unpaired) electrons. The van der Waals surface area contributed by atoms with Gasteiger partial charge >= 0.3 is 0 Å². The fraction of sp³-hybridized carbons (Fsp3) is 0.357. The van der Waals surface area contributed by atoms with Crippen molar-refractivity contribution in [2.75, 3.05) is 0 Å². The third-order valence-corrected chi connectivity index (χ3v) is 2.95. The van der Waals surface area contributed by atoms with Crippen LogP contribution in [0, 0.1) is 6.92 Å². The zero-order valence-electron chi connectivity index (χ0n) is 10.2. The van der Waals surface area contributed by atoms with Gasteiger partial charge in [-0.25, -0.2) is 0 Å². The average Bonchev–Trinajstić information content (AvgIpc) is 2.52. The minimum Gasteiger partial charge on any atom is -0.342 e. The minimum atomic E-state index is 0.130. The number of hydrogen-bond acceptors (Lipinski definition) is 1. The largest absolute Gasteiger partial charge is 0.342 e. The molecular formula is C14H17NO. The second-order valence-corrected chi connectivity index (χ2v) is 4.55. The van der Waals surface area contributed by atoms with Crippen LogP contribution in [0.25, 0.3) is 10.9 Å². The topological polar surface area (TPSA) is 22.0 Å². The monoisotopic (exact) mass is 215 g/mol. The number of carbonyl (C=O) groups is 1. The first-order valence-corrected chi connectivity index (χ1v) is 5.64. The van der Waals surface area contributed by atoms with Gasteiger partial charge in [0.05, 0.1) is 5.52 Å². The zero-order chi connectivity index (χ0) is 11.9. The van der Waals surface area contributed by atoms with E-state index < -0.39 is 0 Å². The number of hydrogen-bond donors (Lipinski definition) is 0. The van der Waals surface area contributed by atoms with E-state index >= 15 is 0 Å². The van der Waals surface area contributed by atoms with Gasteiger partial charge in [-0.3, -0.25) is 4.79 Å². The predicted molar refractivity (Wildman–Crippen MR) is 67.1 cm³/mol. The molecule has 1 heterocycles. The number of benzene rings is 1. The Balaban J connectivity index is 2.88. The normalized spacial score (nSPS) is 11.3. The minimum absolute atomic E-state index is 0.130. The molecule has 0 bridgehead atoms. The summed E-state index contributed by atoms with van der Waals surface area (Å²) in [6.45, 7) is 8.00. The molecule has 0 aliphatic heterocycles. The lowest BCUT2D eigenvalue weighted by Crippen LogP contribution is -2.05. The maximum absolute atomic E-state index is 11.6. The molecule has 1 aromatic carbocycles. The Kier molecular flexibility index (Phi) is 2.58. The maximum Gasteiger partial charge on any atom is 0.161 e. The molecule has 0 aliphatic carbocycles.